The van der Waals surface area contributed by atoms with E-state index in [1.165, 1.54) is 11.6 Å². The van der Waals surface area contributed by atoms with Gasteiger partial charge in [-0.2, -0.15) is 0 Å². The molecule has 9 nitrogen and oxygen atoms in total. The lowest BCUT2D eigenvalue weighted by Crippen LogP contribution is -2.66. The van der Waals surface area contributed by atoms with Gasteiger partial charge in [-0.05, 0) is 26.2 Å². The maximum absolute atomic E-state index is 13.4. The van der Waals surface area contributed by atoms with Gasteiger partial charge in [0, 0.05) is 30.8 Å². The van der Waals surface area contributed by atoms with Gasteiger partial charge in [-0.15, -0.1) is 0 Å². The standard InChI is InChI=1S/C27H32O9/c1-15-6-8-24-13-30-21(29)20-25(35-20)9-10-31-27(22(25)36-27)7-4-3-5-19(28)34-16-12-18(33-17(24)11-15)26(14-32-26)23(16,24)2/h3,5,11,16-18,20,22H,4,6-10,12-14H2,1-2H3/t16-,17-,18-,20?,22+,23-,24-,25+,26+,27+/m1/s1. The molecule has 0 radical (unpaired) electrons. The molecular formula is C27H32O9. The smallest absolute Gasteiger partial charge is 0.338 e. The zero-order chi connectivity index (χ0) is 24.6. The quantitative estimate of drug-likeness (QED) is 0.281. The number of rotatable bonds is 0. The number of epoxide rings is 3. The highest BCUT2D eigenvalue weighted by Gasteiger charge is 2.84. The van der Waals surface area contributed by atoms with Gasteiger partial charge in [0.15, 0.2) is 11.9 Å². The maximum Gasteiger partial charge on any atom is 0.338 e. The van der Waals surface area contributed by atoms with Crippen molar-refractivity contribution in [3.63, 3.8) is 0 Å². The molecule has 6 heterocycles. The maximum atomic E-state index is 13.4. The Labute approximate surface area is 209 Å². The molecule has 10 atom stereocenters. The van der Waals surface area contributed by atoms with Gasteiger partial charge in [0.2, 0.25) is 0 Å². The molecule has 3 spiro atoms. The van der Waals surface area contributed by atoms with Crippen molar-refractivity contribution in [3.05, 3.63) is 23.8 Å². The third-order valence-electron chi connectivity index (χ3n) is 10.7. The van der Waals surface area contributed by atoms with Crippen LogP contribution in [0.4, 0.5) is 0 Å². The fraction of sp³-hybridized carbons (Fsp3) is 0.778. The van der Waals surface area contributed by atoms with Crippen LogP contribution in [0.15, 0.2) is 23.8 Å². The van der Waals surface area contributed by atoms with Crippen LogP contribution in [-0.2, 0) is 42.7 Å². The summed E-state index contributed by atoms with van der Waals surface area (Å²) in [4.78, 5) is 26.4. The molecule has 0 amide bonds. The average molecular weight is 501 g/mol. The van der Waals surface area contributed by atoms with Crippen molar-refractivity contribution in [3.8, 4) is 0 Å². The molecule has 6 aliphatic heterocycles. The minimum Gasteiger partial charge on any atom is -0.463 e. The predicted octanol–water partition coefficient (Wildman–Crippen LogP) is 2.12. The highest BCUT2D eigenvalue weighted by molar-refractivity contribution is 5.82. The number of esters is 2. The molecule has 9 heteroatoms. The fourth-order valence-electron chi connectivity index (χ4n) is 8.40. The summed E-state index contributed by atoms with van der Waals surface area (Å²) in [7, 11) is 0. The van der Waals surface area contributed by atoms with Crippen molar-refractivity contribution in [2.24, 2.45) is 10.8 Å². The number of hydrogen-bond acceptors (Lipinski definition) is 9. The number of hydrogen-bond donors (Lipinski definition) is 0. The second kappa shape index (κ2) is 6.80. The Hall–Kier alpha value is -1.78. The molecule has 1 saturated carbocycles. The van der Waals surface area contributed by atoms with Crippen molar-refractivity contribution in [1.82, 2.24) is 0 Å². The van der Waals surface area contributed by atoms with Crippen molar-refractivity contribution in [2.45, 2.75) is 99.9 Å². The molecule has 8 aliphatic rings. The lowest BCUT2D eigenvalue weighted by Gasteiger charge is -2.58. The predicted molar refractivity (Wildman–Crippen MR) is 120 cm³/mol. The minimum absolute atomic E-state index is 0.154. The van der Waals surface area contributed by atoms with Gasteiger partial charge < -0.3 is 33.2 Å². The Morgan fingerprint density at radius 2 is 1.89 bits per heavy atom. The van der Waals surface area contributed by atoms with Gasteiger partial charge in [-0.25, -0.2) is 9.59 Å². The Morgan fingerprint density at radius 1 is 1.03 bits per heavy atom. The van der Waals surface area contributed by atoms with Crippen LogP contribution in [0.25, 0.3) is 0 Å². The molecular weight excluding hydrogens is 468 g/mol. The first-order valence-electron chi connectivity index (χ1n) is 13.3. The zero-order valence-corrected chi connectivity index (χ0v) is 20.7. The Bertz CT molecular complexity index is 1110. The number of ether oxygens (including phenoxy) is 7. The molecule has 0 aromatic heterocycles. The zero-order valence-electron chi connectivity index (χ0n) is 20.7. The first-order valence-corrected chi connectivity index (χ1v) is 13.3. The van der Waals surface area contributed by atoms with E-state index in [0.29, 0.717) is 38.9 Å². The van der Waals surface area contributed by atoms with E-state index in [9.17, 15) is 9.59 Å². The number of cyclic esters (lactones) is 1. The summed E-state index contributed by atoms with van der Waals surface area (Å²) in [6.07, 6.45) is 7.66. The van der Waals surface area contributed by atoms with Crippen molar-refractivity contribution in [2.75, 3.05) is 19.8 Å². The summed E-state index contributed by atoms with van der Waals surface area (Å²) in [6.45, 7) is 5.43. The molecule has 2 aliphatic carbocycles. The Balaban J connectivity index is 1.19. The summed E-state index contributed by atoms with van der Waals surface area (Å²) in [5.41, 5.74) is -1.11. The van der Waals surface area contributed by atoms with Crippen LogP contribution in [0.5, 0.6) is 0 Å². The van der Waals surface area contributed by atoms with Crippen LogP contribution >= 0.6 is 0 Å². The van der Waals surface area contributed by atoms with Gasteiger partial charge in [-0.3, -0.25) is 0 Å². The summed E-state index contributed by atoms with van der Waals surface area (Å²) in [6, 6.07) is 0. The molecule has 36 heavy (non-hydrogen) atoms. The molecule has 5 saturated heterocycles. The summed E-state index contributed by atoms with van der Waals surface area (Å²) in [5, 5.41) is 0. The SMILES string of the molecule is CC1=C[C@H]2O[C@@H]3C[C@H]4OC(=O)C=CCC[C@@]56OCC[C@@]7(OC7C(=O)OC[C@@]2(CC1)[C@]4(C)[C@]31CO1)[C@@H]5O6. The van der Waals surface area contributed by atoms with Gasteiger partial charge in [0.25, 0.3) is 0 Å². The summed E-state index contributed by atoms with van der Waals surface area (Å²) >= 11 is 0. The van der Waals surface area contributed by atoms with E-state index in [-0.39, 0.29) is 36.9 Å². The highest BCUT2D eigenvalue weighted by Crippen LogP contribution is 2.72. The van der Waals surface area contributed by atoms with Gasteiger partial charge in [0.05, 0.1) is 30.8 Å². The first-order chi connectivity index (χ1) is 17.3. The summed E-state index contributed by atoms with van der Waals surface area (Å²) < 4.78 is 43.0. The Kier molecular flexibility index (Phi) is 4.20. The third-order valence-corrected chi connectivity index (χ3v) is 10.7. The van der Waals surface area contributed by atoms with E-state index < -0.39 is 40.0 Å². The van der Waals surface area contributed by atoms with E-state index in [1.54, 1.807) is 0 Å². The molecule has 194 valence electrons. The summed E-state index contributed by atoms with van der Waals surface area (Å²) in [5.74, 6) is -1.49. The fourth-order valence-corrected chi connectivity index (χ4v) is 8.40. The van der Waals surface area contributed by atoms with Crippen LogP contribution in [0.2, 0.25) is 0 Å². The lowest BCUT2D eigenvalue weighted by molar-refractivity contribution is -0.233. The topological polar surface area (TPSA) is 109 Å². The molecule has 4 bridgehead atoms. The van der Waals surface area contributed by atoms with E-state index in [4.69, 9.17) is 33.2 Å². The van der Waals surface area contributed by atoms with E-state index >= 15 is 0 Å². The number of allylic oxidation sites excluding steroid dienone is 2. The van der Waals surface area contributed by atoms with Crippen molar-refractivity contribution >= 4 is 11.9 Å². The lowest BCUT2D eigenvalue weighted by atomic mass is 9.51. The van der Waals surface area contributed by atoms with Crippen LogP contribution in [-0.4, -0.2) is 79.3 Å². The molecule has 0 aromatic carbocycles. The normalized spacial score (nSPS) is 56.5. The molecule has 6 fully saturated rings. The van der Waals surface area contributed by atoms with Crippen molar-refractivity contribution < 1.29 is 42.7 Å². The molecule has 8 rings (SSSR count). The second-order valence-electron chi connectivity index (χ2n) is 12.2. The van der Waals surface area contributed by atoms with Gasteiger partial charge in [-0.1, -0.05) is 24.6 Å². The number of carbonyl (C=O) groups is 2. The van der Waals surface area contributed by atoms with Crippen LogP contribution in [0.3, 0.4) is 0 Å². The number of carbonyl (C=O) groups excluding carboxylic acids is 2. The monoisotopic (exact) mass is 500 g/mol. The molecule has 0 N–H and O–H groups in total. The van der Waals surface area contributed by atoms with E-state index in [1.807, 2.05) is 6.08 Å². The first kappa shape index (κ1) is 22.2. The van der Waals surface area contributed by atoms with E-state index in [2.05, 4.69) is 19.9 Å². The average Bonchev–Trinajstić information content (AvgIpc) is 3.74. The van der Waals surface area contributed by atoms with Gasteiger partial charge >= 0.3 is 11.9 Å². The Morgan fingerprint density at radius 3 is 2.72 bits per heavy atom. The van der Waals surface area contributed by atoms with Gasteiger partial charge in [0.1, 0.15) is 30.0 Å². The molecule has 0 aromatic rings. The largest absolute Gasteiger partial charge is 0.463 e. The third kappa shape index (κ3) is 2.54. The second-order valence-corrected chi connectivity index (χ2v) is 12.2. The van der Waals surface area contributed by atoms with Crippen LogP contribution in [0, 0.1) is 10.8 Å². The van der Waals surface area contributed by atoms with Crippen molar-refractivity contribution in [1.29, 1.82) is 0 Å². The van der Waals surface area contributed by atoms with E-state index in [0.717, 1.165) is 12.8 Å². The highest BCUT2D eigenvalue weighted by atomic mass is 16.8. The molecule has 1 unspecified atom stereocenters. The minimum atomic E-state index is -0.750. The van der Waals surface area contributed by atoms with Crippen LogP contribution < -0.4 is 0 Å². The van der Waals surface area contributed by atoms with Crippen LogP contribution in [0.1, 0.15) is 52.4 Å².